The van der Waals surface area contributed by atoms with E-state index in [1.807, 2.05) is 30.3 Å². The Morgan fingerprint density at radius 3 is 2.38 bits per heavy atom. The molecule has 0 fully saturated rings. The number of carbonyl (C=O) groups excluding carboxylic acids is 1. The van der Waals surface area contributed by atoms with E-state index in [1.165, 1.54) is 19.2 Å². The number of rotatable bonds is 6. The maximum atomic E-state index is 13.1. The maximum absolute atomic E-state index is 13.1. The lowest BCUT2D eigenvalue weighted by Gasteiger charge is -2.13. The molecule has 0 aliphatic rings. The van der Waals surface area contributed by atoms with Gasteiger partial charge in [-0.05, 0) is 47.5 Å². The van der Waals surface area contributed by atoms with Crippen LogP contribution in [0.5, 0.6) is 5.75 Å². The van der Waals surface area contributed by atoms with Gasteiger partial charge in [0.2, 0.25) is 0 Å². The predicted molar refractivity (Wildman–Crippen MR) is 114 cm³/mol. The van der Waals surface area contributed by atoms with Crippen LogP contribution < -0.4 is 10.1 Å². The number of hydrogen-bond acceptors (Lipinski definition) is 4. The fourth-order valence-electron chi connectivity index (χ4n) is 2.72. The summed E-state index contributed by atoms with van der Waals surface area (Å²) in [5.41, 5.74) is 2.17. The van der Waals surface area contributed by atoms with Crippen molar-refractivity contribution in [1.82, 2.24) is 0 Å². The standard InChI is InChI=1S/C22H17ClN2O4/c1-29-21-12-9-17(23)14-20(21)24-22(26)19(16-5-3-2-4-6-16)13-15-7-10-18(11-8-15)25(27)28/h2-14H,1H3,(H,24,26)/b19-13+. The number of nitro benzene ring substituents is 1. The highest BCUT2D eigenvalue weighted by Crippen LogP contribution is 2.29. The van der Waals surface area contributed by atoms with Crippen LogP contribution in [-0.2, 0) is 4.79 Å². The van der Waals surface area contributed by atoms with Gasteiger partial charge in [0.1, 0.15) is 5.75 Å². The Kier molecular flexibility index (Phi) is 6.26. The third-order valence-electron chi connectivity index (χ3n) is 4.15. The van der Waals surface area contributed by atoms with Gasteiger partial charge < -0.3 is 10.1 Å². The summed E-state index contributed by atoms with van der Waals surface area (Å²) in [6, 6.07) is 20.0. The number of anilines is 1. The molecule has 1 amide bonds. The molecule has 0 heterocycles. The summed E-state index contributed by atoms with van der Waals surface area (Å²) < 4.78 is 5.28. The summed E-state index contributed by atoms with van der Waals surface area (Å²) in [6.07, 6.45) is 1.67. The van der Waals surface area contributed by atoms with Crippen molar-refractivity contribution in [2.75, 3.05) is 12.4 Å². The van der Waals surface area contributed by atoms with Crippen molar-refractivity contribution in [2.24, 2.45) is 0 Å². The molecule has 146 valence electrons. The second-order valence-electron chi connectivity index (χ2n) is 6.07. The molecule has 0 atom stereocenters. The summed E-state index contributed by atoms with van der Waals surface area (Å²) in [4.78, 5) is 23.5. The molecule has 0 aromatic heterocycles. The second kappa shape index (κ2) is 9.03. The van der Waals surface area contributed by atoms with E-state index < -0.39 is 4.92 Å². The molecular weight excluding hydrogens is 392 g/mol. The Balaban J connectivity index is 1.99. The van der Waals surface area contributed by atoms with Crippen LogP contribution in [0.3, 0.4) is 0 Å². The van der Waals surface area contributed by atoms with Gasteiger partial charge in [0.15, 0.2) is 0 Å². The lowest BCUT2D eigenvalue weighted by molar-refractivity contribution is -0.384. The fourth-order valence-corrected chi connectivity index (χ4v) is 2.90. The van der Waals surface area contributed by atoms with Crippen LogP contribution in [-0.4, -0.2) is 17.9 Å². The predicted octanol–water partition coefficient (Wildman–Crippen LogP) is 5.44. The smallest absolute Gasteiger partial charge is 0.269 e. The molecule has 0 spiro atoms. The summed E-state index contributed by atoms with van der Waals surface area (Å²) in [7, 11) is 1.50. The molecule has 0 aliphatic heterocycles. The summed E-state index contributed by atoms with van der Waals surface area (Å²) in [6.45, 7) is 0. The zero-order valence-electron chi connectivity index (χ0n) is 15.5. The van der Waals surface area contributed by atoms with Gasteiger partial charge in [-0.3, -0.25) is 14.9 Å². The van der Waals surface area contributed by atoms with Crippen LogP contribution >= 0.6 is 11.6 Å². The molecule has 1 N–H and O–H groups in total. The van der Waals surface area contributed by atoms with Crippen LogP contribution in [0.25, 0.3) is 11.6 Å². The molecule has 0 saturated carbocycles. The summed E-state index contributed by atoms with van der Waals surface area (Å²) in [5, 5.41) is 14.1. The van der Waals surface area contributed by atoms with Crippen LogP contribution in [0.15, 0.2) is 72.8 Å². The van der Waals surface area contributed by atoms with Crippen molar-refractivity contribution in [3.05, 3.63) is 99.1 Å². The van der Waals surface area contributed by atoms with Gasteiger partial charge in [0.05, 0.1) is 17.7 Å². The number of halogens is 1. The molecule has 0 radical (unpaired) electrons. The number of benzene rings is 3. The van der Waals surface area contributed by atoms with Crippen LogP contribution in [0.4, 0.5) is 11.4 Å². The van der Waals surface area contributed by atoms with Gasteiger partial charge in [-0.1, -0.05) is 41.9 Å². The van der Waals surface area contributed by atoms with E-state index in [2.05, 4.69) is 5.32 Å². The molecule has 0 unspecified atom stereocenters. The van der Waals surface area contributed by atoms with E-state index in [1.54, 1.807) is 36.4 Å². The Morgan fingerprint density at radius 1 is 1.07 bits per heavy atom. The SMILES string of the molecule is COc1ccc(Cl)cc1NC(=O)/C(=C/c1ccc([N+](=O)[O-])cc1)c1ccccc1. The van der Waals surface area contributed by atoms with Crippen molar-refractivity contribution >= 4 is 40.5 Å². The maximum Gasteiger partial charge on any atom is 0.269 e. The molecule has 0 saturated heterocycles. The number of non-ortho nitro benzene ring substituents is 1. The quantitative estimate of drug-likeness (QED) is 0.255. The minimum atomic E-state index is -0.469. The highest BCUT2D eigenvalue weighted by Gasteiger charge is 2.15. The number of nitrogens with zero attached hydrogens (tertiary/aromatic N) is 1. The van der Waals surface area contributed by atoms with Gasteiger partial charge in [-0.2, -0.15) is 0 Å². The Hall–Kier alpha value is -3.64. The van der Waals surface area contributed by atoms with Crippen molar-refractivity contribution in [1.29, 1.82) is 0 Å². The molecule has 7 heteroatoms. The van der Waals surface area contributed by atoms with Crippen molar-refractivity contribution in [3.8, 4) is 5.75 Å². The van der Waals surface area contributed by atoms with Gasteiger partial charge >= 0.3 is 0 Å². The van der Waals surface area contributed by atoms with Crippen LogP contribution in [0.2, 0.25) is 5.02 Å². The second-order valence-corrected chi connectivity index (χ2v) is 6.51. The number of nitrogens with one attached hydrogen (secondary N) is 1. The zero-order chi connectivity index (χ0) is 20.8. The Labute approximate surface area is 172 Å². The number of ether oxygens (including phenoxy) is 1. The fraction of sp³-hybridized carbons (Fsp3) is 0.0455. The van der Waals surface area contributed by atoms with Gasteiger partial charge in [-0.25, -0.2) is 0 Å². The number of nitro groups is 1. The van der Waals surface area contributed by atoms with Gasteiger partial charge in [0.25, 0.3) is 11.6 Å². The summed E-state index contributed by atoms with van der Waals surface area (Å²) in [5.74, 6) is 0.112. The molecule has 0 aliphatic carbocycles. The number of carbonyl (C=O) groups is 1. The van der Waals surface area contributed by atoms with Crippen molar-refractivity contribution in [2.45, 2.75) is 0 Å². The van der Waals surface area contributed by atoms with Gasteiger partial charge in [-0.15, -0.1) is 0 Å². The van der Waals surface area contributed by atoms with Crippen molar-refractivity contribution in [3.63, 3.8) is 0 Å². The van der Waals surface area contributed by atoms with Crippen LogP contribution in [0.1, 0.15) is 11.1 Å². The largest absolute Gasteiger partial charge is 0.495 e. The zero-order valence-corrected chi connectivity index (χ0v) is 16.2. The molecular formula is C22H17ClN2O4. The first-order valence-electron chi connectivity index (χ1n) is 8.64. The monoisotopic (exact) mass is 408 g/mol. The Morgan fingerprint density at radius 2 is 1.76 bits per heavy atom. The third kappa shape index (κ3) is 5.00. The number of amides is 1. The third-order valence-corrected chi connectivity index (χ3v) is 4.39. The topological polar surface area (TPSA) is 81.5 Å². The highest BCUT2D eigenvalue weighted by molar-refractivity contribution is 6.32. The minimum absolute atomic E-state index is 0.0171. The van der Waals surface area contributed by atoms with E-state index in [4.69, 9.17) is 16.3 Å². The first-order valence-corrected chi connectivity index (χ1v) is 9.02. The normalized spacial score (nSPS) is 11.0. The average molecular weight is 409 g/mol. The van der Waals surface area contributed by atoms with Crippen LogP contribution in [0, 0.1) is 10.1 Å². The van der Waals surface area contributed by atoms with Crippen molar-refractivity contribution < 1.29 is 14.5 Å². The van der Waals surface area contributed by atoms with E-state index >= 15 is 0 Å². The van der Waals surface area contributed by atoms with E-state index in [0.29, 0.717) is 33.2 Å². The van der Waals surface area contributed by atoms with E-state index in [9.17, 15) is 14.9 Å². The molecule has 3 aromatic rings. The molecule has 3 aromatic carbocycles. The van der Waals surface area contributed by atoms with Gasteiger partial charge in [0, 0.05) is 22.7 Å². The Bertz CT molecular complexity index is 1060. The molecule has 6 nitrogen and oxygen atoms in total. The number of hydrogen-bond donors (Lipinski definition) is 1. The highest BCUT2D eigenvalue weighted by atomic mass is 35.5. The minimum Gasteiger partial charge on any atom is -0.495 e. The number of methoxy groups -OCH3 is 1. The molecule has 29 heavy (non-hydrogen) atoms. The van der Waals surface area contributed by atoms with E-state index in [0.717, 1.165) is 0 Å². The summed E-state index contributed by atoms with van der Waals surface area (Å²) >= 11 is 6.05. The lowest BCUT2D eigenvalue weighted by Crippen LogP contribution is -2.14. The molecule has 3 rings (SSSR count). The van der Waals surface area contributed by atoms with E-state index in [-0.39, 0.29) is 11.6 Å². The first-order chi connectivity index (χ1) is 14.0. The lowest BCUT2D eigenvalue weighted by atomic mass is 10.0. The first kappa shape index (κ1) is 20.1. The average Bonchev–Trinajstić information content (AvgIpc) is 2.73. The molecule has 0 bridgehead atoms.